The number of aliphatic hydroxyl groups is 1. The molecule has 0 radical (unpaired) electrons. The number of fused-ring (bicyclic) bond motifs is 4. The number of amides is 1. The molecule has 0 aromatic heterocycles. The summed E-state index contributed by atoms with van der Waals surface area (Å²) in [5.74, 6) is -0.234. The Kier molecular flexibility index (Phi) is 9.99. The van der Waals surface area contributed by atoms with Crippen molar-refractivity contribution in [2.45, 2.75) is 68.6 Å². The fourth-order valence-electron chi connectivity index (χ4n) is 7.91. The average molecular weight is 687 g/mol. The van der Waals surface area contributed by atoms with E-state index in [1.54, 1.807) is 32.2 Å². The lowest BCUT2D eigenvalue weighted by Crippen LogP contribution is -2.54. The quantitative estimate of drug-likeness (QED) is 0.323. The summed E-state index contributed by atoms with van der Waals surface area (Å²) in [5.41, 5.74) is 1.93. The van der Waals surface area contributed by atoms with Crippen molar-refractivity contribution in [1.29, 1.82) is 0 Å². The first-order valence-corrected chi connectivity index (χ1v) is 18.7. The normalized spacial score (nSPS) is 32.6. The van der Waals surface area contributed by atoms with Gasteiger partial charge < -0.3 is 24.2 Å². The predicted molar refractivity (Wildman–Crippen MR) is 183 cm³/mol. The number of anilines is 1. The van der Waals surface area contributed by atoms with Crippen LogP contribution in [-0.2, 0) is 31.3 Å². The second kappa shape index (κ2) is 13.7. The zero-order valence-corrected chi connectivity index (χ0v) is 29.1. The maximum Gasteiger partial charge on any atom is 0.264 e. The van der Waals surface area contributed by atoms with Crippen LogP contribution in [0.2, 0.25) is 5.02 Å². The minimum absolute atomic E-state index is 0.0711. The van der Waals surface area contributed by atoms with Gasteiger partial charge in [-0.15, -0.1) is 0 Å². The molecule has 0 saturated heterocycles. The van der Waals surface area contributed by atoms with Crippen LogP contribution in [-0.4, -0.2) is 76.9 Å². The van der Waals surface area contributed by atoms with Gasteiger partial charge >= 0.3 is 0 Å². The van der Waals surface area contributed by atoms with Gasteiger partial charge in [0.2, 0.25) is 10.0 Å². The molecule has 1 fully saturated rings. The first-order chi connectivity index (χ1) is 22.4. The lowest BCUT2D eigenvalue weighted by atomic mass is 9.64. The van der Waals surface area contributed by atoms with Crippen molar-refractivity contribution in [2.75, 3.05) is 51.5 Å². The molecule has 2 N–H and O–H groups in total. The number of hydrogen-bond acceptors (Lipinski definition) is 8. The molecule has 2 aliphatic carbocycles. The van der Waals surface area contributed by atoms with Gasteiger partial charge in [0.25, 0.3) is 5.91 Å². The molecule has 2 bridgehead atoms. The zero-order chi connectivity index (χ0) is 33.4. The van der Waals surface area contributed by atoms with Crippen molar-refractivity contribution in [1.82, 2.24) is 4.72 Å². The number of ether oxygens (including phenoxy) is 3. The molecule has 6 atom stereocenters. The van der Waals surface area contributed by atoms with Crippen LogP contribution in [0.5, 0.6) is 5.75 Å². The van der Waals surface area contributed by atoms with E-state index in [0.717, 1.165) is 42.8 Å². The molecule has 2 heterocycles. The Morgan fingerprint density at radius 3 is 2.74 bits per heavy atom. The van der Waals surface area contributed by atoms with Gasteiger partial charge in [-0.2, -0.15) is 0 Å². The summed E-state index contributed by atoms with van der Waals surface area (Å²) in [5, 5.41) is 12.1. The molecule has 256 valence electrons. The van der Waals surface area contributed by atoms with Gasteiger partial charge in [0.1, 0.15) is 11.4 Å². The fraction of sp³-hybridized carbons (Fsp3) is 0.583. The Bertz CT molecular complexity index is 1620. The number of halogens is 1. The first-order valence-electron chi connectivity index (χ1n) is 16.8. The van der Waals surface area contributed by atoms with Crippen LogP contribution in [0.1, 0.15) is 67.4 Å². The number of benzene rings is 2. The van der Waals surface area contributed by atoms with Gasteiger partial charge in [-0.05, 0) is 105 Å². The third kappa shape index (κ3) is 6.95. The number of rotatable bonds is 5. The molecule has 9 nitrogen and oxygen atoms in total. The number of carbonyl (C=O) groups excluding carboxylic acids is 1. The minimum Gasteiger partial charge on any atom is -0.490 e. The van der Waals surface area contributed by atoms with Gasteiger partial charge in [-0.25, -0.2) is 13.1 Å². The van der Waals surface area contributed by atoms with E-state index in [1.807, 2.05) is 25.1 Å². The van der Waals surface area contributed by atoms with Gasteiger partial charge in [-0.3, -0.25) is 4.79 Å². The van der Waals surface area contributed by atoms with Crippen LogP contribution in [0.15, 0.2) is 48.6 Å². The SMILES string of the molecule is COCCOC[C@]1(O)/C=C/C[C@H](C)[C@@H](C)S(=O)(=O)NC(=O)c2ccc3c(c2)N(C[C@@H]2CC[C@H]21)C[C@@]1(CCCc2cc(Cl)ccc21)CO3. The molecule has 6 rings (SSSR count). The lowest BCUT2D eigenvalue weighted by molar-refractivity contribution is -0.0994. The highest BCUT2D eigenvalue weighted by atomic mass is 35.5. The van der Waals surface area contributed by atoms with E-state index >= 15 is 0 Å². The molecular formula is C36H47ClN2O7S. The van der Waals surface area contributed by atoms with Crippen LogP contribution in [0.3, 0.4) is 0 Å². The van der Waals surface area contributed by atoms with Crippen LogP contribution in [0.25, 0.3) is 0 Å². The Morgan fingerprint density at radius 2 is 1.98 bits per heavy atom. The van der Waals surface area contributed by atoms with Crippen LogP contribution in [0.4, 0.5) is 5.69 Å². The molecule has 47 heavy (non-hydrogen) atoms. The van der Waals surface area contributed by atoms with Crippen LogP contribution < -0.4 is 14.4 Å². The van der Waals surface area contributed by atoms with Crippen molar-refractivity contribution >= 4 is 33.2 Å². The summed E-state index contributed by atoms with van der Waals surface area (Å²) in [6.07, 6.45) is 8.77. The Morgan fingerprint density at radius 1 is 1.15 bits per heavy atom. The van der Waals surface area contributed by atoms with E-state index in [9.17, 15) is 18.3 Å². The molecule has 1 amide bonds. The molecular weight excluding hydrogens is 640 g/mol. The van der Waals surface area contributed by atoms with E-state index in [2.05, 4.69) is 21.8 Å². The number of sulfonamides is 1. The number of aryl methyl sites for hydroxylation is 1. The highest BCUT2D eigenvalue weighted by Crippen LogP contribution is 2.48. The number of methoxy groups -OCH3 is 1. The molecule has 4 aliphatic rings. The summed E-state index contributed by atoms with van der Waals surface area (Å²) in [7, 11) is -2.37. The minimum atomic E-state index is -3.98. The Balaban J connectivity index is 1.42. The molecule has 11 heteroatoms. The Hall–Kier alpha value is -2.63. The molecule has 1 saturated carbocycles. The maximum atomic E-state index is 13.5. The first kappa shape index (κ1) is 34.2. The standard InChI is InChI=1S/C36H47ClN2O7S/c1-24-6-4-15-36(41,23-45-17-16-44-3)31-11-8-28(31)20-39-21-35(14-5-7-26-18-29(37)10-12-30(26)35)22-46-33-13-9-27(19-32(33)39)34(40)38-47(42,43)25(24)2/h4,9-10,12-13,15,18-19,24-25,28,31,41H,5-8,11,14,16-17,20-23H2,1-3H3,(H,38,40)/b15-4+/t24-,25+,28-,31+,35-,36+/m0/s1. The summed E-state index contributed by atoms with van der Waals surface area (Å²) < 4.78 is 46.7. The summed E-state index contributed by atoms with van der Waals surface area (Å²) in [6, 6.07) is 11.3. The van der Waals surface area contributed by atoms with E-state index in [4.69, 9.17) is 25.8 Å². The second-order valence-corrected chi connectivity index (χ2v) is 16.5. The summed E-state index contributed by atoms with van der Waals surface area (Å²) >= 11 is 6.43. The Labute approximate surface area is 283 Å². The van der Waals surface area contributed by atoms with E-state index in [0.29, 0.717) is 45.1 Å². The molecule has 2 aromatic carbocycles. The van der Waals surface area contributed by atoms with E-state index in [-0.39, 0.29) is 35.3 Å². The average Bonchev–Trinajstić information content (AvgIpc) is 3.17. The fourth-order valence-corrected chi connectivity index (χ4v) is 9.39. The predicted octanol–water partition coefficient (Wildman–Crippen LogP) is 5.28. The topological polar surface area (TPSA) is 114 Å². The third-order valence-electron chi connectivity index (χ3n) is 11.0. The van der Waals surface area contributed by atoms with Gasteiger partial charge in [0, 0.05) is 36.2 Å². The van der Waals surface area contributed by atoms with E-state index in [1.165, 1.54) is 11.1 Å². The summed E-state index contributed by atoms with van der Waals surface area (Å²) in [6.45, 7) is 6.11. The molecule has 1 spiro atoms. The van der Waals surface area contributed by atoms with Gasteiger partial charge in [0.05, 0.1) is 37.4 Å². The molecule has 0 unspecified atom stereocenters. The van der Waals surface area contributed by atoms with Crippen molar-refractivity contribution in [3.63, 3.8) is 0 Å². The van der Waals surface area contributed by atoms with E-state index < -0.39 is 26.8 Å². The third-order valence-corrected chi connectivity index (χ3v) is 13.2. The van der Waals surface area contributed by atoms with Crippen molar-refractivity contribution in [2.24, 2.45) is 17.8 Å². The van der Waals surface area contributed by atoms with Crippen molar-refractivity contribution < 1.29 is 32.5 Å². The number of allylic oxidation sites excluding steroid dienone is 1. The van der Waals surface area contributed by atoms with Crippen LogP contribution >= 0.6 is 11.6 Å². The number of nitrogens with zero attached hydrogens (tertiary/aromatic N) is 1. The number of nitrogens with one attached hydrogen (secondary N) is 1. The number of carbonyl (C=O) groups is 1. The van der Waals surface area contributed by atoms with Crippen molar-refractivity contribution in [3.8, 4) is 5.75 Å². The maximum absolute atomic E-state index is 13.5. The largest absolute Gasteiger partial charge is 0.490 e. The van der Waals surface area contributed by atoms with Gasteiger partial charge in [0.15, 0.2) is 0 Å². The lowest BCUT2D eigenvalue weighted by Gasteiger charge is -2.49. The molecule has 2 aromatic rings. The second-order valence-electron chi connectivity index (χ2n) is 14.1. The highest BCUT2D eigenvalue weighted by molar-refractivity contribution is 7.90. The van der Waals surface area contributed by atoms with Crippen LogP contribution in [0, 0.1) is 17.8 Å². The van der Waals surface area contributed by atoms with Gasteiger partial charge in [-0.1, -0.05) is 36.7 Å². The highest BCUT2D eigenvalue weighted by Gasteiger charge is 2.48. The number of hydrogen-bond donors (Lipinski definition) is 2. The zero-order valence-electron chi connectivity index (χ0n) is 27.5. The van der Waals surface area contributed by atoms with Crippen molar-refractivity contribution in [3.05, 3.63) is 70.3 Å². The summed E-state index contributed by atoms with van der Waals surface area (Å²) in [4.78, 5) is 15.8. The monoisotopic (exact) mass is 686 g/mol. The molecule has 2 aliphatic heterocycles. The smallest absolute Gasteiger partial charge is 0.264 e.